The molecule has 0 bridgehead atoms. The second kappa shape index (κ2) is 6.90. The Hall–Kier alpha value is -1.70. The van der Waals surface area contributed by atoms with Crippen LogP contribution in [0.3, 0.4) is 0 Å². The lowest BCUT2D eigenvalue weighted by molar-refractivity contribution is 0.0942. The molecule has 0 spiro atoms. The molecular weight excluding hydrogens is 241 g/mol. The monoisotopic (exact) mass is 257 g/mol. The summed E-state index contributed by atoms with van der Waals surface area (Å²) < 4.78 is 13.1. The standard InChI is InChI=1S/C11H16FN3O3/c12-8-2-1-7(4-14-5-9(17)6-16)10(3-8)11(13)15-18/h1-3,9,14,16-18H,4-6H2,(H2,13,15). The van der Waals surface area contributed by atoms with Gasteiger partial charge in [-0.2, -0.15) is 0 Å². The minimum absolute atomic E-state index is 0.184. The van der Waals surface area contributed by atoms with Crippen LogP contribution >= 0.6 is 0 Å². The molecule has 7 heteroatoms. The van der Waals surface area contributed by atoms with Gasteiger partial charge < -0.3 is 26.5 Å². The van der Waals surface area contributed by atoms with E-state index in [1.807, 2.05) is 0 Å². The highest BCUT2D eigenvalue weighted by molar-refractivity contribution is 5.98. The summed E-state index contributed by atoms with van der Waals surface area (Å²) in [5, 5.41) is 32.1. The third kappa shape index (κ3) is 3.95. The molecule has 0 fully saturated rings. The molecule has 18 heavy (non-hydrogen) atoms. The van der Waals surface area contributed by atoms with Crippen LogP contribution in [0.5, 0.6) is 0 Å². The maximum Gasteiger partial charge on any atom is 0.170 e. The van der Waals surface area contributed by atoms with Crippen molar-refractivity contribution in [3.63, 3.8) is 0 Å². The summed E-state index contributed by atoms with van der Waals surface area (Å²) in [6, 6.07) is 3.92. The second-order valence-corrected chi connectivity index (χ2v) is 3.75. The lowest BCUT2D eigenvalue weighted by Gasteiger charge is -2.11. The quantitative estimate of drug-likeness (QED) is 0.201. The number of rotatable bonds is 6. The van der Waals surface area contributed by atoms with Gasteiger partial charge >= 0.3 is 0 Å². The van der Waals surface area contributed by atoms with Crippen molar-refractivity contribution in [2.75, 3.05) is 13.2 Å². The number of nitrogens with one attached hydrogen (secondary N) is 1. The lowest BCUT2D eigenvalue weighted by Crippen LogP contribution is -2.29. The number of oxime groups is 1. The Kier molecular flexibility index (Phi) is 5.50. The summed E-state index contributed by atoms with van der Waals surface area (Å²) >= 11 is 0. The molecule has 1 rings (SSSR count). The average Bonchev–Trinajstić information content (AvgIpc) is 2.39. The van der Waals surface area contributed by atoms with Gasteiger partial charge in [0.2, 0.25) is 0 Å². The van der Waals surface area contributed by atoms with Crippen LogP contribution < -0.4 is 11.1 Å². The van der Waals surface area contributed by atoms with Crippen LogP contribution in [0.4, 0.5) is 4.39 Å². The molecule has 0 saturated carbocycles. The first-order valence-electron chi connectivity index (χ1n) is 5.34. The summed E-state index contributed by atoms with van der Waals surface area (Å²) in [5.74, 6) is -0.676. The van der Waals surface area contributed by atoms with Gasteiger partial charge in [-0.1, -0.05) is 11.2 Å². The highest BCUT2D eigenvalue weighted by Gasteiger charge is 2.09. The van der Waals surface area contributed by atoms with Crippen molar-refractivity contribution in [3.8, 4) is 0 Å². The predicted octanol–water partition coefficient (Wildman–Crippen LogP) is -0.637. The molecule has 1 aromatic rings. The third-order valence-corrected chi connectivity index (χ3v) is 2.36. The van der Waals surface area contributed by atoms with E-state index in [9.17, 15) is 4.39 Å². The van der Waals surface area contributed by atoms with Crippen LogP contribution in [0.15, 0.2) is 23.4 Å². The Morgan fingerprint density at radius 3 is 2.83 bits per heavy atom. The molecular formula is C11H16FN3O3. The Bertz CT molecular complexity index is 426. The topological polar surface area (TPSA) is 111 Å². The first-order valence-corrected chi connectivity index (χ1v) is 5.34. The summed E-state index contributed by atoms with van der Waals surface area (Å²) in [6.07, 6.45) is -0.863. The fourth-order valence-corrected chi connectivity index (χ4v) is 1.43. The molecule has 1 aromatic carbocycles. The van der Waals surface area contributed by atoms with Gasteiger partial charge in [0.15, 0.2) is 5.84 Å². The van der Waals surface area contributed by atoms with Gasteiger partial charge in [-0.25, -0.2) is 4.39 Å². The lowest BCUT2D eigenvalue weighted by atomic mass is 10.1. The largest absolute Gasteiger partial charge is 0.409 e. The van der Waals surface area contributed by atoms with Gasteiger partial charge in [0.05, 0.1) is 12.7 Å². The molecule has 0 aliphatic heterocycles. The molecule has 6 nitrogen and oxygen atoms in total. The molecule has 100 valence electrons. The van der Waals surface area contributed by atoms with Crippen LogP contribution in [0.1, 0.15) is 11.1 Å². The normalized spacial score (nSPS) is 13.6. The van der Waals surface area contributed by atoms with Crippen molar-refractivity contribution in [2.45, 2.75) is 12.6 Å². The number of aliphatic hydroxyl groups is 2. The zero-order valence-corrected chi connectivity index (χ0v) is 9.67. The number of benzene rings is 1. The van der Waals surface area contributed by atoms with Crippen molar-refractivity contribution >= 4 is 5.84 Å². The van der Waals surface area contributed by atoms with E-state index in [0.29, 0.717) is 12.1 Å². The first kappa shape index (κ1) is 14.4. The zero-order valence-electron chi connectivity index (χ0n) is 9.67. The fourth-order valence-electron chi connectivity index (χ4n) is 1.43. The van der Waals surface area contributed by atoms with E-state index in [1.54, 1.807) is 0 Å². The highest BCUT2D eigenvalue weighted by atomic mass is 19.1. The van der Waals surface area contributed by atoms with Gasteiger partial charge in [-0.15, -0.1) is 0 Å². The van der Waals surface area contributed by atoms with Crippen molar-refractivity contribution in [1.82, 2.24) is 5.32 Å². The smallest absolute Gasteiger partial charge is 0.170 e. The Labute approximate surface area is 104 Å². The molecule has 0 saturated heterocycles. The number of aliphatic hydroxyl groups excluding tert-OH is 2. The molecule has 6 N–H and O–H groups in total. The van der Waals surface area contributed by atoms with Gasteiger partial charge in [0.1, 0.15) is 5.82 Å². The minimum atomic E-state index is -0.863. The van der Waals surface area contributed by atoms with Crippen LogP contribution in [-0.4, -0.2) is 40.5 Å². The molecule has 0 aromatic heterocycles. The van der Waals surface area contributed by atoms with Crippen LogP contribution in [0, 0.1) is 5.82 Å². The van der Waals surface area contributed by atoms with E-state index in [4.69, 9.17) is 21.2 Å². The van der Waals surface area contributed by atoms with E-state index < -0.39 is 11.9 Å². The molecule has 0 radical (unpaired) electrons. The Balaban J connectivity index is 2.76. The van der Waals surface area contributed by atoms with Crippen molar-refractivity contribution in [1.29, 1.82) is 0 Å². The van der Waals surface area contributed by atoms with Gasteiger partial charge in [0.25, 0.3) is 0 Å². The Morgan fingerprint density at radius 1 is 1.50 bits per heavy atom. The summed E-state index contributed by atoms with van der Waals surface area (Å²) in [5.41, 5.74) is 6.34. The number of amidine groups is 1. The maximum atomic E-state index is 13.1. The summed E-state index contributed by atoms with van der Waals surface area (Å²) in [6.45, 7) is 0.135. The number of hydrogen-bond donors (Lipinski definition) is 5. The predicted molar refractivity (Wildman–Crippen MR) is 63.7 cm³/mol. The van der Waals surface area contributed by atoms with Gasteiger partial charge in [-0.3, -0.25) is 0 Å². The fraction of sp³-hybridized carbons (Fsp3) is 0.364. The van der Waals surface area contributed by atoms with Crippen LogP contribution in [0.25, 0.3) is 0 Å². The molecule has 1 atom stereocenters. The SMILES string of the molecule is NC(=NO)c1cc(F)ccc1CNCC(O)CO. The highest BCUT2D eigenvalue weighted by Crippen LogP contribution is 2.11. The number of hydrogen-bond acceptors (Lipinski definition) is 5. The van der Waals surface area contributed by atoms with E-state index in [0.717, 1.165) is 6.07 Å². The first-order chi connectivity index (χ1) is 8.58. The zero-order chi connectivity index (χ0) is 13.5. The number of nitrogens with zero attached hydrogens (tertiary/aromatic N) is 1. The minimum Gasteiger partial charge on any atom is -0.409 e. The maximum absolute atomic E-state index is 13.1. The van der Waals surface area contributed by atoms with Gasteiger partial charge in [0, 0.05) is 18.7 Å². The van der Waals surface area contributed by atoms with E-state index >= 15 is 0 Å². The summed E-state index contributed by atoms with van der Waals surface area (Å²) in [7, 11) is 0. The Morgan fingerprint density at radius 2 is 2.22 bits per heavy atom. The molecule has 0 amide bonds. The van der Waals surface area contributed by atoms with E-state index in [1.165, 1.54) is 12.1 Å². The number of halogens is 1. The number of nitrogens with two attached hydrogens (primary N) is 1. The summed E-state index contributed by atoms with van der Waals surface area (Å²) in [4.78, 5) is 0. The van der Waals surface area contributed by atoms with Crippen molar-refractivity contribution in [3.05, 3.63) is 35.1 Å². The molecule has 0 aliphatic rings. The van der Waals surface area contributed by atoms with E-state index in [-0.39, 0.29) is 24.6 Å². The van der Waals surface area contributed by atoms with Gasteiger partial charge in [-0.05, 0) is 17.7 Å². The van der Waals surface area contributed by atoms with Crippen LogP contribution in [0.2, 0.25) is 0 Å². The van der Waals surface area contributed by atoms with E-state index in [2.05, 4.69) is 10.5 Å². The third-order valence-electron chi connectivity index (χ3n) is 2.36. The molecule has 0 heterocycles. The van der Waals surface area contributed by atoms with Crippen LogP contribution in [-0.2, 0) is 6.54 Å². The molecule has 0 aliphatic carbocycles. The van der Waals surface area contributed by atoms with Crippen molar-refractivity contribution < 1.29 is 19.8 Å². The molecule has 1 unspecified atom stereocenters. The van der Waals surface area contributed by atoms with Crippen molar-refractivity contribution in [2.24, 2.45) is 10.9 Å². The second-order valence-electron chi connectivity index (χ2n) is 3.75. The average molecular weight is 257 g/mol.